The molecule has 10 nitrogen and oxygen atoms in total. The molecule has 0 atom stereocenters. The van der Waals surface area contributed by atoms with E-state index in [1.165, 1.54) is 24.1 Å². The van der Waals surface area contributed by atoms with E-state index in [0.717, 1.165) is 17.8 Å². The molecule has 0 aliphatic carbocycles. The van der Waals surface area contributed by atoms with Gasteiger partial charge in [-0.05, 0) is 49.4 Å². The molecule has 3 rings (SSSR count). The maximum absolute atomic E-state index is 12.9. The van der Waals surface area contributed by atoms with Crippen molar-refractivity contribution >= 4 is 35.0 Å². The molecule has 2 aromatic carbocycles. The molecule has 1 heterocycles. The van der Waals surface area contributed by atoms with Gasteiger partial charge in [0.25, 0.3) is 0 Å². The van der Waals surface area contributed by atoms with Crippen LogP contribution in [0.3, 0.4) is 0 Å². The smallest absolute Gasteiger partial charge is 0.383 e. The van der Waals surface area contributed by atoms with Crippen molar-refractivity contribution in [2.24, 2.45) is 0 Å². The van der Waals surface area contributed by atoms with Gasteiger partial charge in [-0.25, -0.2) is 9.59 Å². The monoisotopic (exact) mass is 550 g/mol. The molecule has 0 spiro atoms. The molecule has 39 heavy (non-hydrogen) atoms. The Kier molecular flexibility index (Phi) is 10.4. The highest BCUT2D eigenvalue weighted by molar-refractivity contribution is 5.94. The molecule has 13 heteroatoms. The number of hydrogen-bond donors (Lipinski definition) is 3. The molecular formula is C26H33F3N6O4. The Bertz CT molecular complexity index is 1120. The Morgan fingerprint density at radius 3 is 2.28 bits per heavy atom. The maximum Gasteiger partial charge on any atom is 0.416 e. The van der Waals surface area contributed by atoms with E-state index in [1.54, 1.807) is 24.0 Å². The second-order valence-corrected chi connectivity index (χ2v) is 8.83. The lowest BCUT2D eigenvalue weighted by molar-refractivity contribution is -0.137. The standard InChI is InChI=1S/C26H33F3N6O4/c1-3-30-24(37)35(15-16-39-2)18-23(36)31-20-7-9-22(10-8-20)33-11-13-34(14-12-33)25(38)32-21-6-4-5-19(17-21)26(27,28)29/h4-10,17H,3,11-16,18H2,1-2H3,(H,30,37)(H,31,36)(H,32,38). The summed E-state index contributed by atoms with van der Waals surface area (Å²) in [5, 5.41) is 7.99. The molecule has 212 valence electrons. The van der Waals surface area contributed by atoms with Crippen LogP contribution < -0.4 is 20.9 Å². The molecule has 0 saturated carbocycles. The van der Waals surface area contributed by atoms with Crippen molar-refractivity contribution in [1.82, 2.24) is 15.1 Å². The Morgan fingerprint density at radius 1 is 0.974 bits per heavy atom. The Hall–Kier alpha value is -4.00. The molecule has 1 aliphatic rings. The van der Waals surface area contributed by atoms with Gasteiger partial charge in [0.05, 0.1) is 12.2 Å². The molecule has 5 amide bonds. The minimum Gasteiger partial charge on any atom is -0.383 e. The summed E-state index contributed by atoms with van der Waals surface area (Å²) >= 11 is 0. The summed E-state index contributed by atoms with van der Waals surface area (Å²) in [5.74, 6) is -0.342. The molecule has 0 radical (unpaired) electrons. The van der Waals surface area contributed by atoms with Gasteiger partial charge in [-0.2, -0.15) is 13.2 Å². The minimum atomic E-state index is -4.49. The van der Waals surface area contributed by atoms with E-state index in [1.807, 2.05) is 12.1 Å². The summed E-state index contributed by atoms with van der Waals surface area (Å²) in [4.78, 5) is 42.2. The predicted octanol–water partition coefficient (Wildman–Crippen LogP) is 3.68. The van der Waals surface area contributed by atoms with Gasteiger partial charge >= 0.3 is 18.2 Å². The Balaban J connectivity index is 1.49. The second-order valence-electron chi connectivity index (χ2n) is 8.83. The fourth-order valence-electron chi connectivity index (χ4n) is 3.99. The third kappa shape index (κ3) is 8.77. The second kappa shape index (κ2) is 13.7. The average Bonchev–Trinajstić information content (AvgIpc) is 2.91. The number of alkyl halides is 3. The highest BCUT2D eigenvalue weighted by atomic mass is 19.4. The summed E-state index contributed by atoms with van der Waals surface area (Å²) in [6.07, 6.45) is -4.49. The van der Waals surface area contributed by atoms with E-state index < -0.39 is 17.8 Å². The summed E-state index contributed by atoms with van der Waals surface area (Å²) in [7, 11) is 1.52. The molecule has 1 fully saturated rings. The largest absolute Gasteiger partial charge is 0.416 e. The van der Waals surface area contributed by atoms with Crippen LogP contribution in [0.2, 0.25) is 0 Å². The molecule has 0 aromatic heterocycles. The number of hydrogen-bond acceptors (Lipinski definition) is 5. The lowest BCUT2D eigenvalue weighted by atomic mass is 10.2. The van der Waals surface area contributed by atoms with E-state index in [4.69, 9.17) is 4.74 Å². The van der Waals surface area contributed by atoms with Crippen LogP contribution in [0.25, 0.3) is 0 Å². The number of urea groups is 2. The molecule has 0 unspecified atom stereocenters. The number of rotatable bonds is 9. The van der Waals surface area contributed by atoms with Gasteiger partial charge in [0.15, 0.2) is 0 Å². The summed E-state index contributed by atoms with van der Waals surface area (Å²) < 4.78 is 43.8. The number of methoxy groups -OCH3 is 1. The first kappa shape index (κ1) is 29.6. The highest BCUT2D eigenvalue weighted by Crippen LogP contribution is 2.30. The van der Waals surface area contributed by atoms with Crippen molar-refractivity contribution in [2.45, 2.75) is 13.1 Å². The normalized spacial score (nSPS) is 13.6. The number of carbonyl (C=O) groups is 3. The number of halogens is 3. The van der Waals surface area contributed by atoms with Crippen molar-refractivity contribution < 1.29 is 32.3 Å². The van der Waals surface area contributed by atoms with Crippen LogP contribution in [0.4, 0.5) is 39.8 Å². The van der Waals surface area contributed by atoms with E-state index in [9.17, 15) is 27.6 Å². The fourth-order valence-corrected chi connectivity index (χ4v) is 3.99. The van der Waals surface area contributed by atoms with Crippen LogP contribution in [0.15, 0.2) is 48.5 Å². The summed E-state index contributed by atoms with van der Waals surface area (Å²) in [6.45, 7) is 4.54. The number of carbonyl (C=O) groups excluding carboxylic acids is 3. The van der Waals surface area contributed by atoms with Gasteiger partial charge < -0.3 is 35.4 Å². The van der Waals surface area contributed by atoms with Gasteiger partial charge in [-0.3, -0.25) is 4.79 Å². The molecule has 1 saturated heterocycles. The van der Waals surface area contributed by atoms with E-state index in [2.05, 4.69) is 20.9 Å². The SMILES string of the molecule is CCNC(=O)N(CCOC)CC(=O)Nc1ccc(N2CCN(C(=O)Nc3cccc(C(F)(F)F)c3)CC2)cc1. The van der Waals surface area contributed by atoms with Crippen LogP contribution in [-0.4, -0.2) is 87.3 Å². The predicted molar refractivity (Wildman–Crippen MR) is 142 cm³/mol. The number of anilines is 3. The molecule has 2 aromatic rings. The molecule has 1 aliphatic heterocycles. The van der Waals surface area contributed by atoms with Crippen LogP contribution in [0, 0.1) is 0 Å². The fraction of sp³-hybridized carbons (Fsp3) is 0.423. The van der Waals surface area contributed by atoms with Crippen LogP contribution >= 0.6 is 0 Å². The highest BCUT2D eigenvalue weighted by Gasteiger charge is 2.31. The Morgan fingerprint density at radius 2 is 1.67 bits per heavy atom. The van der Waals surface area contributed by atoms with Crippen LogP contribution in [0.5, 0.6) is 0 Å². The number of ether oxygens (including phenoxy) is 1. The topological polar surface area (TPSA) is 106 Å². The zero-order valence-electron chi connectivity index (χ0n) is 21.9. The number of amides is 5. The minimum absolute atomic E-state index is 0.0858. The average molecular weight is 551 g/mol. The van der Waals surface area contributed by atoms with Crippen molar-refractivity contribution in [3.63, 3.8) is 0 Å². The first-order chi connectivity index (χ1) is 18.6. The zero-order chi connectivity index (χ0) is 28.4. The number of benzene rings is 2. The zero-order valence-corrected chi connectivity index (χ0v) is 21.9. The van der Waals surface area contributed by atoms with Gasteiger partial charge in [-0.1, -0.05) is 6.07 Å². The van der Waals surface area contributed by atoms with Crippen molar-refractivity contribution in [1.29, 1.82) is 0 Å². The van der Waals surface area contributed by atoms with Crippen LogP contribution in [-0.2, 0) is 15.7 Å². The molecular weight excluding hydrogens is 517 g/mol. The maximum atomic E-state index is 12.9. The molecule has 3 N–H and O–H groups in total. The third-order valence-electron chi connectivity index (χ3n) is 6.04. The van der Waals surface area contributed by atoms with Gasteiger partial charge in [0, 0.05) is 63.4 Å². The lowest BCUT2D eigenvalue weighted by Gasteiger charge is -2.36. The molecule has 0 bridgehead atoms. The summed E-state index contributed by atoms with van der Waals surface area (Å²) in [6, 6.07) is 10.9. The van der Waals surface area contributed by atoms with E-state index >= 15 is 0 Å². The number of nitrogens with zero attached hydrogens (tertiary/aromatic N) is 3. The first-order valence-corrected chi connectivity index (χ1v) is 12.5. The van der Waals surface area contributed by atoms with E-state index in [-0.39, 0.29) is 30.7 Å². The van der Waals surface area contributed by atoms with Gasteiger partial charge in [0.2, 0.25) is 5.91 Å². The number of piperazine rings is 1. The first-order valence-electron chi connectivity index (χ1n) is 12.5. The lowest BCUT2D eigenvalue weighted by Crippen LogP contribution is -2.50. The Labute approximate surface area is 225 Å². The van der Waals surface area contributed by atoms with Crippen molar-refractivity contribution in [2.75, 3.05) is 75.1 Å². The van der Waals surface area contributed by atoms with Gasteiger partial charge in [-0.15, -0.1) is 0 Å². The van der Waals surface area contributed by atoms with Crippen LogP contribution in [0.1, 0.15) is 12.5 Å². The van der Waals surface area contributed by atoms with E-state index in [0.29, 0.717) is 45.0 Å². The quantitative estimate of drug-likeness (QED) is 0.442. The number of nitrogens with one attached hydrogen (secondary N) is 3. The third-order valence-corrected chi connectivity index (χ3v) is 6.04. The van der Waals surface area contributed by atoms with Gasteiger partial charge in [0.1, 0.15) is 6.54 Å². The summed E-state index contributed by atoms with van der Waals surface area (Å²) in [5.41, 5.74) is 0.735. The van der Waals surface area contributed by atoms with Crippen molar-refractivity contribution in [3.8, 4) is 0 Å². The van der Waals surface area contributed by atoms with Crippen molar-refractivity contribution in [3.05, 3.63) is 54.1 Å².